The largest absolute Gasteiger partial charge is 0.432 e. The van der Waals surface area contributed by atoms with Crippen LogP contribution in [-0.4, -0.2) is 48.3 Å². The number of nitrogens with zero attached hydrogens (tertiary/aromatic N) is 2. The van der Waals surface area contributed by atoms with Crippen molar-refractivity contribution in [3.8, 4) is 0 Å². The average molecular weight is 407 g/mol. The standard InChI is InChI=1S/C19H26N2O6Si/c1-5-9-20-15-7-6-13(21(24)25)11-14(15)19(18(20)23)12(2)17(28(3,4)26)16(27-19)8-10-22/h5-7,11-12,16-17,22,26H,1,8-10H2,2-4H3/t12-,16+,17-,19+/m0/s1. The number of rotatable bonds is 6. The van der Waals surface area contributed by atoms with Gasteiger partial charge in [-0.3, -0.25) is 14.9 Å². The summed E-state index contributed by atoms with van der Waals surface area (Å²) in [4.78, 5) is 36.8. The quantitative estimate of drug-likeness (QED) is 0.324. The molecule has 152 valence electrons. The summed E-state index contributed by atoms with van der Waals surface area (Å²) >= 11 is 0. The van der Waals surface area contributed by atoms with Gasteiger partial charge in [-0.05, 0) is 25.6 Å². The van der Waals surface area contributed by atoms with Crippen LogP contribution in [0.1, 0.15) is 18.9 Å². The topological polar surface area (TPSA) is 113 Å². The number of anilines is 1. The Balaban J connectivity index is 2.22. The number of carbonyl (C=O) groups excluding carboxylic acids is 1. The number of nitro groups is 1. The zero-order valence-corrected chi connectivity index (χ0v) is 17.3. The van der Waals surface area contributed by atoms with Crippen molar-refractivity contribution < 1.29 is 24.4 Å². The van der Waals surface area contributed by atoms with Gasteiger partial charge >= 0.3 is 0 Å². The number of carbonyl (C=O) groups is 1. The Morgan fingerprint density at radius 1 is 1.46 bits per heavy atom. The van der Waals surface area contributed by atoms with Crippen LogP contribution >= 0.6 is 0 Å². The van der Waals surface area contributed by atoms with Gasteiger partial charge in [0.1, 0.15) is 0 Å². The van der Waals surface area contributed by atoms with Crippen molar-refractivity contribution in [3.63, 3.8) is 0 Å². The van der Waals surface area contributed by atoms with Crippen LogP contribution in [0.15, 0.2) is 30.9 Å². The second kappa shape index (κ2) is 7.07. The number of nitro benzene ring substituents is 1. The Morgan fingerprint density at radius 2 is 2.14 bits per heavy atom. The average Bonchev–Trinajstić information content (AvgIpc) is 3.03. The van der Waals surface area contributed by atoms with Crippen molar-refractivity contribution in [2.45, 2.75) is 43.7 Å². The van der Waals surface area contributed by atoms with Crippen molar-refractivity contribution >= 4 is 25.6 Å². The first-order valence-corrected chi connectivity index (χ1v) is 12.3. The lowest BCUT2D eigenvalue weighted by atomic mass is 9.82. The first-order valence-electron chi connectivity index (χ1n) is 9.32. The summed E-state index contributed by atoms with van der Waals surface area (Å²) < 4.78 is 6.32. The number of ether oxygens (including phenoxy) is 1. The highest BCUT2D eigenvalue weighted by Gasteiger charge is 2.66. The smallest absolute Gasteiger partial charge is 0.269 e. The molecule has 2 aliphatic heterocycles. The Hall–Kier alpha value is -2.07. The van der Waals surface area contributed by atoms with Crippen molar-refractivity contribution in [2.24, 2.45) is 5.92 Å². The molecule has 1 fully saturated rings. The van der Waals surface area contributed by atoms with E-state index in [1.807, 2.05) is 6.92 Å². The van der Waals surface area contributed by atoms with E-state index in [1.54, 1.807) is 25.2 Å². The summed E-state index contributed by atoms with van der Waals surface area (Å²) in [5, 5.41) is 20.8. The van der Waals surface area contributed by atoms with E-state index in [0.717, 1.165) is 0 Å². The molecule has 1 aromatic carbocycles. The van der Waals surface area contributed by atoms with Crippen LogP contribution in [0.3, 0.4) is 0 Å². The van der Waals surface area contributed by atoms with Crippen LogP contribution < -0.4 is 4.90 Å². The van der Waals surface area contributed by atoms with E-state index in [2.05, 4.69) is 6.58 Å². The van der Waals surface area contributed by atoms with Crippen LogP contribution in [-0.2, 0) is 15.1 Å². The normalized spacial score (nSPS) is 29.4. The maximum atomic E-state index is 13.5. The van der Waals surface area contributed by atoms with Gasteiger partial charge in [-0.1, -0.05) is 13.0 Å². The fourth-order valence-corrected chi connectivity index (χ4v) is 7.49. The maximum absolute atomic E-state index is 13.5. The van der Waals surface area contributed by atoms with Gasteiger partial charge in [0.2, 0.25) is 0 Å². The predicted molar refractivity (Wildman–Crippen MR) is 107 cm³/mol. The second-order valence-electron chi connectivity index (χ2n) is 8.04. The van der Waals surface area contributed by atoms with Crippen LogP contribution in [0.4, 0.5) is 11.4 Å². The molecular formula is C19H26N2O6Si. The van der Waals surface area contributed by atoms with Crippen LogP contribution in [0.2, 0.25) is 18.6 Å². The predicted octanol–water partition coefficient (Wildman–Crippen LogP) is 2.31. The number of fused-ring (bicyclic) bond motifs is 2. The van der Waals surface area contributed by atoms with E-state index in [-0.39, 0.29) is 36.7 Å². The highest BCUT2D eigenvalue weighted by molar-refractivity contribution is 6.71. The number of aliphatic hydroxyl groups is 1. The molecule has 3 rings (SSSR count). The fraction of sp³-hybridized carbons (Fsp3) is 0.526. The zero-order chi connectivity index (χ0) is 20.9. The summed E-state index contributed by atoms with van der Waals surface area (Å²) in [6.45, 7) is 9.24. The van der Waals surface area contributed by atoms with E-state index < -0.39 is 30.9 Å². The molecule has 0 aromatic heterocycles. The van der Waals surface area contributed by atoms with Crippen molar-refractivity contribution in [1.82, 2.24) is 0 Å². The number of amides is 1. The molecule has 0 radical (unpaired) electrons. The molecule has 4 atom stereocenters. The molecule has 1 saturated heterocycles. The fourth-order valence-electron chi connectivity index (χ4n) is 4.89. The summed E-state index contributed by atoms with van der Waals surface area (Å²) in [6.07, 6.45) is 1.37. The lowest BCUT2D eigenvalue weighted by Gasteiger charge is -2.32. The highest BCUT2D eigenvalue weighted by Crippen LogP contribution is 2.59. The molecule has 1 aromatic rings. The summed E-state index contributed by atoms with van der Waals surface area (Å²) in [7, 11) is -2.77. The summed E-state index contributed by atoms with van der Waals surface area (Å²) in [5.41, 5.74) is -0.834. The molecule has 0 aliphatic carbocycles. The Morgan fingerprint density at radius 3 is 2.68 bits per heavy atom. The third kappa shape index (κ3) is 2.89. The van der Waals surface area contributed by atoms with Gasteiger partial charge in [0, 0.05) is 42.3 Å². The van der Waals surface area contributed by atoms with E-state index in [1.165, 1.54) is 17.0 Å². The molecular weight excluding hydrogens is 380 g/mol. The minimum Gasteiger partial charge on any atom is -0.432 e. The monoisotopic (exact) mass is 406 g/mol. The lowest BCUT2D eigenvalue weighted by Crippen LogP contribution is -2.46. The maximum Gasteiger partial charge on any atom is 0.269 e. The molecule has 2 aliphatic rings. The third-order valence-corrected chi connectivity index (χ3v) is 8.41. The highest BCUT2D eigenvalue weighted by atomic mass is 28.4. The zero-order valence-electron chi connectivity index (χ0n) is 16.3. The van der Waals surface area contributed by atoms with Crippen LogP contribution in [0.25, 0.3) is 0 Å². The van der Waals surface area contributed by atoms with Crippen LogP contribution in [0.5, 0.6) is 0 Å². The minimum absolute atomic E-state index is 0.121. The molecule has 1 spiro atoms. The number of benzene rings is 1. The van der Waals surface area contributed by atoms with E-state index in [0.29, 0.717) is 11.3 Å². The Labute approximate surface area is 164 Å². The lowest BCUT2D eigenvalue weighted by molar-refractivity contribution is -0.385. The molecule has 0 bridgehead atoms. The van der Waals surface area contributed by atoms with Gasteiger partial charge in [-0.2, -0.15) is 0 Å². The summed E-state index contributed by atoms with van der Waals surface area (Å²) in [6, 6.07) is 4.33. The second-order valence-corrected chi connectivity index (χ2v) is 12.0. The number of hydrogen-bond donors (Lipinski definition) is 2. The molecule has 2 N–H and O–H groups in total. The molecule has 28 heavy (non-hydrogen) atoms. The molecule has 9 heteroatoms. The number of aliphatic hydroxyl groups excluding tert-OH is 1. The van der Waals surface area contributed by atoms with E-state index >= 15 is 0 Å². The molecule has 2 heterocycles. The SMILES string of the molecule is C=CCN1C(=O)[C@]2(O[C@H](CCO)[C@@H]([Si](C)(C)O)[C@@H]2C)c2cc([N+](=O)[O-])ccc21. The van der Waals surface area contributed by atoms with Gasteiger partial charge in [-0.25, -0.2) is 0 Å². The van der Waals surface area contributed by atoms with Crippen molar-refractivity contribution in [3.05, 3.63) is 46.5 Å². The summed E-state index contributed by atoms with van der Waals surface area (Å²) in [5.74, 6) is -0.710. The third-order valence-electron chi connectivity index (χ3n) is 5.90. The van der Waals surface area contributed by atoms with Gasteiger partial charge < -0.3 is 19.5 Å². The molecule has 8 nitrogen and oxygen atoms in total. The Bertz CT molecular complexity index is 823. The van der Waals surface area contributed by atoms with Crippen LogP contribution in [0, 0.1) is 16.0 Å². The minimum atomic E-state index is -2.77. The Kier molecular flexibility index (Phi) is 5.22. The van der Waals surface area contributed by atoms with Gasteiger partial charge in [0.15, 0.2) is 13.9 Å². The molecule has 1 amide bonds. The molecule has 0 unspecified atom stereocenters. The van der Waals surface area contributed by atoms with E-state index in [4.69, 9.17) is 4.74 Å². The van der Waals surface area contributed by atoms with Gasteiger partial charge in [0.05, 0.1) is 16.7 Å². The molecule has 0 saturated carbocycles. The number of hydrogen-bond acceptors (Lipinski definition) is 6. The van der Waals surface area contributed by atoms with Gasteiger partial charge in [-0.15, -0.1) is 6.58 Å². The first-order chi connectivity index (χ1) is 13.1. The van der Waals surface area contributed by atoms with Crippen molar-refractivity contribution in [1.29, 1.82) is 0 Å². The van der Waals surface area contributed by atoms with E-state index in [9.17, 15) is 24.8 Å². The first kappa shape index (κ1) is 20.7. The van der Waals surface area contributed by atoms with Gasteiger partial charge in [0.25, 0.3) is 11.6 Å². The number of non-ortho nitro benzene ring substituents is 1. The van der Waals surface area contributed by atoms with Crippen molar-refractivity contribution in [2.75, 3.05) is 18.1 Å².